The van der Waals surface area contributed by atoms with Crippen LogP contribution in [0.2, 0.25) is 0 Å². The summed E-state index contributed by atoms with van der Waals surface area (Å²) in [5.41, 5.74) is 1.19. The summed E-state index contributed by atoms with van der Waals surface area (Å²) in [6.07, 6.45) is 0. The molecule has 3 nitrogen and oxygen atoms in total. The van der Waals surface area contributed by atoms with Gasteiger partial charge >= 0.3 is 8.26 Å². The maximum Gasteiger partial charge on any atom is 0.317 e. The van der Waals surface area contributed by atoms with E-state index in [1.807, 2.05) is 18.2 Å². The SMILES string of the molecule is CCNc1ccccc1.O=S(=O)(Cl)Cl. The van der Waals surface area contributed by atoms with Crippen LogP contribution >= 0.6 is 21.4 Å². The van der Waals surface area contributed by atoms with Crippen LogP contribution in [0.15, 0.2) is 30.3 Å². The first-order valence-electron chi connectivity index (χ1n) is 3.86. The Morgan fingerprint density at radius 2 is 1.64 bits per heavy atom. The second-order valence-electron chi connectivity index (χ2n) is 2.27. The first-order chi connectivity index (χ1) is 6.43. The highest BCUT2D eigenvalue weighted by Gasteiger charge is 1.88. The van der Waals surface area contributed by atoms with E-state index in [0.29, 0.717) is 0 Å². The van der Waals surface area contributed by atoms with Crippen molar-refractivity contribution in [1.29, 1.82) is 0 Å². The Balaban J connectivity index is 0.000000292. The van der Waals surface area contributed by atoms with Crippen LogP contribution in [0.4, 0.5) is 5.69 Å². The lowest BCUT2D eigenvalue weighted by Crippen LogP contribution is -1.94. The van der Waals surface area contributed by atoms with Gasteiger partial charge in [0.2, 0.25) is 0 Å². The molecule has 0 unspecified atom stereocenters. The van der Waals surface area contributed by atoms with Crippen molar-refractivity contribution in [2.24, 2.45) is 0 Å². The van der Waals surface area contributed by atoms with Gasteiger partial charge in [-0.15, -0.1) is 0 Å². The molecule has 0 aliphatic heterocycles. The first-order valence-corrected chi connectivity index (χ1v) is 7.00. The van der Waals surface area contributed by atoms with Gasteiger partial charge in [0, 0.05) is 33.6 Å². The van der Waals surface area contributed by atoms with Crippen LogP contribution in [0.3, 0.4) is 0 Å². The molecule has 80 valence electrons. The Labute approximate surface area is 93.0 Å². The van der Waals surface area contributed by atoms with Crippen molar-refractivity contribution in [3.63, 3.8) is 0 Å². The van der Waals surface area contributed by atoms with Crippen molar-refractivity contribution >= 4 is 35.3 Å². The third-order valence-corrected chi connectivity index (χ3v) is 1.15. The molecule has 0 spiro atoms. The summed E-state index contributed by atoms with van der Waals surface area (Å²) < 4.78 is 18.3. The lowest BCUT2D eigenvalue weighted by atomic mass is 10.3. The number of para-hydroxylation sites is 1. The monoisotopic (exact) mass is 255 g/mol. The van der Waals surface area contributed by atoms with E-state index in [4.69, 9.17) is 8.42 Å². The summed E-state index contributed by atoms with van der Waals surface area (Å²) in [7, 11) is 4.81. The molecule has 0 saturated heterocycles. The topological polar surface area (TPSA) is 46.2 Å². The summed E-state index contributed by atoms with van der Waals surface area (Å²) in [5, 5.41) is 3.21. The second-order valence-corrected chi connectivity index (χ2v) is 5.94. The Morgan fingerprint density at radius 3 is 2.00 bits per heavy atom. The fourth-order valence-corrected chi connectivity index (χ4v) is 0.760. The Morgan fingerprint density at radius 1 is 1.21 bits per heavy atom. The smallest absolute Gasteiger partial charge is 0.317 e. The number of hydrogen-bond acceptors (Lipinski definition) is 3. The molecule has 0 amide bonds. The number of nitrogens with one attached hydrogen (secondary N) is 1. The van der Waals surface area contributed by atoms with Crippen LogP contribution in [-0.2, 0) is 8.26 Å². The highest BCUT2D eigenvalue weighted by atomic mass is 36.0. The molecule has 1 aromatic carbocycles. The van der Waals surface area contributed by atoms with Gasteiger partial charge in [-0.05, 0) is 19.1 Å². The summed E-state index contributed by atoms with van der Waals surface area (Å²) in [4.78, 5) is 0. The van der Waals surface area contributed by atoms with Crippen molar-refractivity contribution in [2.45, 2.75) is 6.92 Å². The minimum atomic E-state index is -3.72. The molecule has 0 aromatic heterocycles. The number of hydrogen-bond donors (Lipinski definition) is 1. The van der Waals surface area contributed by atoms with E-state index in [9.17, 15) is 0 Å². The zero-order valence-electron chi connectivity index (χ0n) is 7.57. The van der Waals surface area contributed by atoms with Crippen molar-refractivity contribution in [3.8, 4) is 0 Å². The average molecular weight is 256 g/mol. The minimum Gasteiger partial charge on any atom is -0.385 e. The van der Waals surface area contributed by atoms with Gasteiger partial charge in [0.15, 0.2) is 0 Å². The molecule has 0 aliphatic rings. The zero-order chi connectivity index (χ0) is 11.0. The van der Waals surface area contributed by atoms with Gasteiger partial charge in [-0.1, -0.05) is 18.2 Å². The largest absolute Gasteiger partial charge is 0.385 e. The molecule has 0 saturated carbocycles. The van der Waals surface area contributed by atoms with Crippen molar-refractivity contribution in [2.75, 3.05) is 11.9 Å². The normalized spacial score (nSPS) is 9.93. The molecule has 1 rings (SSSR count). The fourth-order valence-electron chi connectivity index (χ4n) is 0.760. The zero-order valence-corrected chi connectivity index (χ0v) is 9.90. The van der Waals surface area contributed by atoms with E-state index in [2.05, 4.69) is 45.7 Å². The van der Waals surface area contributed by atoms with Crippen molar-refractivity contribution < 1.29 is 8.42 Å². The molecule has 0 radical (unpaired) electrons. The third-order valence-electron chi connectivity index (χ3n) is 1.15. The van der Waals surface area contributed by atoms with Gasteiger partial charge < -0.3 is 5.32 Å². The summed E-state index contributed by atoms with van der Waals surface area (Å²) >= 11 is 0. The first kappa shape index (κ1) is 13.6. The van der Waals surface area contributed by atoms with Crippen molar-refractivity contribution in [3.05, 3.63) is 30.3 Å². The van der Waals surface area contributed by atoms with Gasteiger partial charge in [-0.25, -0.2) is 0 Å². The van der Waals surface area contributed by atoms with Gasteiger partial charge in [0.1, 0.15) is 0 Å². The number of halogens is 2. The molecular weight excluding hydrogens is 245 g/mol. The lowest BCUT2D eigenvalue weighted by Gasteiger charge is -1.99. The van der Waals surface area contributed by atoms with E-state index in [1.54, 1.807) is 0 Å². The van der Waals surface area contributed by atoms with Crippen LogP contribution in [0, 0.1) is 0 Å². The lowest BCUT2D eigenvalue weighted by molar-refractivity contribution is 0.621. The van der Waals surface area contributed by atoms with Crippen molar-refractivity contribution in [1.82, 2.24) is 0 Å². The molecule has 0 bridgehead atoms. The van der Waals surface area contributed by atoms with E-state index in [1.165, 1.54) is 5.69 Å². The minimum absolute atomic E-state index is 0.990. The standard InChI is InChI=1S/C8H11N.Cl2O2S/c1-2-9-8-6-4-3-5-7-8;1-5(2,3)4/h3-7,9H,2H2,1H3;. The van der Waals surface area contributed by atoms with E-state index >= 15 is 0 Å². The molecule has 0 atom stereocenters. The third kappa shape index (κ3) is 11.5. The van der Waals surface area contributed by atoms with E-state index in [0.717, 1.165) is 6.54 Å². The molecule has 0 aliphatic carbocycles. The second kappa shape index (κ2) is 6.92. The maximum atomic E-state index is 9.16. The summed E-state index contributed by atoms with van der Waals surface area (Å²) in [5.74, 6) is 0. The van der Waals surface area contributed by atoms with Gasteiger partial charge in [-0.2, -0.15) is 8.42 Å². The quantitative estimate of drug-likeness (QED) is 0.827. The summed E-state index contributed by atoms with van der Waals surface area (Å²) in [6.45, 7) is 3.08. The van der Waals surface area contributed by atoms with Crippen LogP contribution in [0.1, 0.15) is 6.92 Å². The van der Waals surface area contributed by atoms with E-state index < -0.39 is 8.26 Å². The van der Waals surface area contributed by atoms with Crippen LogP contribution in [-0.4, -0.2) is 15.0 Å². The molecule has 0 fully saturated rings. The molecule has 14 heavy (non-hydrogen) atoms. The fraction of sp³-hybridized carbons (Fsp3) is 0.250. The summed E-state index contributed by atoms with van der Waals surface area (Å²) in [6, 6.07) is 10.2. The van der Waals surface area contributed by atoms with Crippen LogP contribution in [0.25, 0.3) is 0 Å². The molecule has 1 N–H and O–H groups in total. The maximum absolute atomic E-state index is 9.16. The van der Waals surface area contributed by atoms with Gasteiger partial charge in [-0.3, -0.25) is 0 Å². The number of benzene rings is 1. The predicted molar refractivity (Wildman–Crippen MR) is 61.2 cm³/mol. The molecular formula is C8H11Cl2NO2S. The molecule has 6 heteroatoms. The van der Waals surface area contributed by atoms with Gasteiger partial charge in [0.05, 0.1) is 0 Å². The molecule has 0 heterocycles. The van der Waals surface area contributed by atoms with E-state index in [-0.39, 0.29) is 0 Å². The highest BCUT2D eigenvalue weighted by molar-refractivity contribution is 8.31. The number of rotatable bonds is 2. The molecule has 1 aromatic rings. The van der Waals surface area contributed by atoms with Crippen LogP contribution in [0.5, 0.6) is 0 Å². The average Bonchev–Trinajstić information content (AvgIpc) is 2.03. The number of anilines is 1. The Kier molecular flexibility index (Phi) is 6.70. The van der Waals surface area contributed by atoms with Gasteiger partial charge in [0.25, 0.3) is 0 Å². The highest BCUT2D eigenvalue weighted by Crippen LogP contribution is 2.02. The predicted octanol–water partition coefficient (Wildman–Crippen LogP) is 2.83. The van der Waals surface area contributed by atoms with Crippen LogP contribution < -0.4 is 5.32 Å². The Bertz CT molecular complexity index is 332. The Hall–Kier alpha value is -0.450.